The van der Waals surface area contributed by atoms with E-state index in [-0.39, 0.29) is 12.0 Å². The summed E-state index contributed by atoms with van der Waals surface area (Å²) in [5.41, 5.74) is -0.212. The van der Waals surface area contributed by atoms with E-state index in [0.717, 1.165) is 19.6 Å². The molecule has 0 aromatic carbocycles. The summed E-state index contributed by atoms with van der Waals surface area (Å²) >= 11 is 0. The van der Waals surface area contributed by atoms with Gasteiger partial charge in [0.2, 0.25) is 0 Å². The van der Waals surface area contributed by atoms with E-state index in [0.29, 0.717) is 6.04 Å². The minimum atomic E-state index is -0.713. The number of hydrogen-bond donors (Lipinski definition) is 3. The number of hydrogen-bond acceptors (Lipinski definition) is 4. The topological polar surface area (TPSA) is 64.6 Å². The molecule has 5 nitrogen and oxygen atoms in total. The van der Waals surface area contributed by atoms with Crippen LogP contribution in [0.2, 0.25) is 0 Å². The highest BCUT2D eigenvalue weighted by molar-refractivity contribution is 5.68. The van der Waals surface area contributed by atoms with Gasteiger partial charge in [0.05, 0.1) is 12.0 Å². The molecular formula is C13H25N3O2. The van der Waals surface area contributed by atoms with Gasteiger partial charge in [0.1, 0.15) is 0 Å². The Bertz CT molecular complexity index is 286. The Morgan fingerprint density at radius 1 is 1.39 bits per heavy atom. The largest absolute Gasteiger partial charge is 0.481 e. The fourth-order valence-corrected chi connectivity index (χ4v) is 2.88. The molecule has 0 saturated carbocycles. The van der Waals surface area contributed by atoms with Gasteiger partial charge in [-0.15, -0.1) is 0 Å². The highest BCUT2D eigenvalue weighted by atomic mass is 16.4. The van der Waals surface area contributed by atoms with Crippen molar-refractivity contribution in [3.05, 3.63) is 0 Å². The van der Waals surface area contributed by atoms with Gasteiger partial charge in [-0.05, 0) is 32.9 Å². The number of carboxylic acid groups (broad SMARTS) is 1. The number of nitrogens with one attached hydrogen (secondary N) is 2. The maximum atomic E-state index is 10.9. The molecule has 0 aromatic heterocycles. The molecule has 18 heavy (non-hydrogen) atoms. The Kier molecular flexibility index (Phi) is 4.59. The van der Waals surface area contributed by atoms with Crippen molar-refractivity contribution in [2.75, 3.05) is 32.7 Å². The molecule has 2 rings (SSSR count). The zero-order valence-electron chi connectivity index (χ0n) is 11.2. The first-order valence-electron chi connectivity index (χ1n) is 7.03. The van der Waals surface area contributed by atoms with Crippen molar-refractivity contribution in [3.8, 4) is 0 Å². The number of rotatable bonds is 6. The lowest BCUT2D eigenvalue weighted by molar-refractivity contribution is -0.139. The average molecular weight is 255 g/mol. The van der Waals surface area contributed by atoms with E-state index in [9.17, 15) is 4.79 Å². The van der Waals surface area contributed by atoms with Gasteiger partial charge in [-0.25, -0.2) is 0 Å². The molecule has 1 unspecified atom stereocenters. The van der Waals surface area contributed by atoms with Crippen LogP contribution in [-0.2, 0) is 4.79 Å². The Hall–Kier alpha value is -0.650. The number of likely N-dealkylation sites (tertiary alicyclic amines) is 1. The van der Waals surface area contributed by atoms with Crippen LogP contribution in [0.5, 0.6) is 0 Å². The molecule has 104 valence electrons. The second kappa shape index (κ2) is 5.99. The Morgan fingerprint density at radius 3 is 2.56 bits per heavy atom. The van der Waals surface area contributed by atoms with Crippen molar-refractivity contribution >= 4 is 5.97 Å². The molecule has 5 heteroatoms. The molecule has 0 amide bonds. The smallest absolute Gasteiger partial charge is 0.305 e. The number of aliphatic carboxylic acids is 1. The second-order valence-corrected chi connectivity index (χ2v) is 5.78. The number of nitrogens with zero attached hydrogens (tertiary/aromatic N) is 1. The van der Waals surface area contributed by atoms with Gasteiger partial charge < -0.3 is 15.7 Å². The van der Waals surface area contributed by atoms with E-state index >= 15 is 0 Å². The van der Waals surface area contributed by atoms with Crippen LogP contribution in [0, 0.1) is 0 Å². The van der Waals surface area contributed by atoms with Gasteiger partial charge in [-0.2, -0.15) is 0 Å². The second-order valence-electron chi connectivity index (χ2n) is 5.78. The number of carboxylic acids is 1. The molecule has 0 spiro atoms. The minimum absolute atomic E-state index is 0.212. The molecule has 2 aliphatic rings. The van der Waals surface area contributed by atoms with E-state index < -0.39 is 5.97 Å². The predicted octanol–water partition coefficient (Wildman–Crippen LogP) is 0.267. The quantitative estimate of drug-likeness (QED) is 0.636. The zero-order valence-corrected chi connectivity index (χ0v) is 11.2. The lowest BCUT2D eigenvalue weighted by Crippen LogP contribution is -2.69. The maximum absolute atomic E-state index is 10.9. The van der Waals surface area contributed by atoms with Crippen molar-refractivity contribution in [1.82, 2.24) is 15.5 Å². The third-order valence-corrected chi connectivity index (χ3v) is 4.20. The summed E-state index contributed by atoms with van der Waals surface area (Å²) in [7, 11) is 0. The first-order chi connectivity index (χ1) is 8.61. The van der Waals surface area contributed by atoms with Crippen LogP contribution in [0.4, 0.5) is 0 Å². The third kappa shape index (κ3) is 3.43. The zero-order chi connectivity index (χ0) is 13.0. The fourth-order valence-electron chi connectivity index (χ4n) is 2.88. The minimum Gasteiger partial charge on any atom is -0.481 e. The van der Waals surface area contributed by atoms with Gasteiger partial charge in [-0.3, -0.25) is 9.69 Å². The molecule has 2 fully saturated rings. The Morgan fingerprint density at radius 2 is 2.06 bits per heavy atom. The highest BCUT2D eigenvalue weighted by Crippen LogP contribution is 2.17. The van der Waals surface area contributed by atoms with Gasteiger partial charge in [0.25, 0.3) is 0 Å². The van der Waals surface area contributed by atoms with Crippen LogP contribution in [0.3, 0.4) is 0 Å². The van der Waals surface area contributed by atoms with Crippen LogP contribution in [0.15, 0.2) is 0 Å². The SMILES string of the molecule is CC(CNC1(CC(=O)O)CNC1)N1CCCCC1. The molecule has 3 N–H and O–H groups in total. The summed E-state index contributed by atoms with van der Waals surface area (Å²) in [5.74, 6) is -0.713. The van der Waals surface area contributed by atoms with E-state index in [2.05, 4.69) is 22.5 Å². The van der Waals surface area contributed by atoms with Crippen LogP contribution in [-0.4, -0.2) is 60.3 Å². The highest BCUT2D eigenvalue weighted by Gasteiger charge is 2.38. The summed E-state index contributed by atoms with van der Waals surface area (Å²) in [6.45, 7) is 7.03. The monoisotopic (exact) mass is 255 g/mol. The summed E-state index contributed by atoms with van der Waals surface area (Å²) < 4.78 is 0. The Labute approximate surface area is 109 Å². The molecule has 1 atom stereocenters. The molecule has 2 heterocycles. The van der Waals surface area contributed by atoms with Crippen LogP contribution in [0.25, 0.3) is 0 Å². The number of piperidine rings is 1. The molecule has 2 saturated heterocycles. The van der Waals surface area contributed by atoms with E-state index in [1.54, 1.807) is 0 Å². The molecule has 0 bridgehead atoms. The van der Waals surface area contributed by atoms with Gasteiger partial charge in [0, 0.05) is 25.7 Å². The normalized spacial score (nSPS) is 25.4. The van der Waals surface area contributed by atoms with Gasteiger partial charge >= 0.3 is 5.97 Å². The molecule has 0 aliphatic carbocycles. The molecule has 2 aliphatic heterocycles. The lowest BCUT2D eigenvalue weighted by atomic mass is 9.88. The van der Waals surface area contributed by atoms with Crippen LogP contribution < -0.4 is 10.6 Å². The van der Waals surface area contributed by atoms with Crippen molar-refractivity contribution in [2.24, 2.45) is 0 Å². The predicted molar refractivity (Wildman–Crippen MR) is 70.7 cm³/mol. The maximum Gasteiger partial charge on any atom is 0.305 e. The molecule has 0 aromatic rings. The number of carbonyl (C=O) groups is 1. The van der Waals surface area contributed by atoms with Gasteiger partial charge in [0.15, 0.2) is 0 Å². The molecule has 0 radical (unpaired) electrons. The van der Waals surface area contributed by atoms with Crippen molar-refractivity contribution in [2.45, 2.75) is 44.2 Å². The van der Waals surface area contributed by atoms with E-state index in [1.165, 1.54) is 32.4 Å². The summed E-state index contributed by atoms with van der Waals surface area (Å²) in [6.07, 6.45) is 4.16. The average Bonchev–Trinajstić information content (AvgIpc) is 2.32. The Balaban J connectivity index is 1.76. The molecular weight excluding hydrogens is 230 g/mol. The first kappa shape index (κ1) is 13.8. The van der Waals surface area contributed by atoms with Crippen molar-refractivity contribution in [3.63, 3.8) is 0 Å². The van der Waals surface area contributed by atoms with Crippen molar-refractivity contribution < 1.29 is 9.90 Å². The van der Waals surface area contributed by atoms with Crippen LogP contribution >= 0.6 is 0 Å². The van der Waals surface area contributed by atoms with E-state index in [1.807, 2.05) is 0 Å². The van der Waals surface area contributed by atoms with Gasteiger partial charge in [-0.1, -0.05) is 6.42 Å². The first-order valence-corrected chi connectivity index (χ1v) is 7.03. The summed E-state index contributed by atoms with van der Waals surface area (Å²) in [5, 5.41) is 15.6. The third-order valence-electron chi connectivity index (χ3n) is 4.20. The fraction of sp³-hybridized carbons (Fsp3) is 0.923. The summed E-state index contributed by atoms with van der Waals surface area (Å²) in [6, 6.07) is 0.497. The van der Waals surface area contributed by atoms with Crippen molar-refractivity contribution in [1.29, 1.82) is 0 Å². The van der Waals surface area contributed by atoms with E-state index in [4.69, 9.17) is 5.11 Å². The standard InChI is InChI=1S/C13H25N3O2/c1-11(16-5-3-2-4-6-16)8-15-13(7-12(17)18)9-14-10-13/h11,14-15H,2-10H2,1H3,(H,17,18). The van der Waals surface area contributed by atoms with Crippen LogP contribution in [0.1, 0.15) is 32.6 Å². The summed E-state index contributed by atoms with van der Waals surface area (Å²) in [4.78, 5) is 13.4. The lowest BCUT2D eigenvalue weighted by Gasteiger charge is -2.44.